The molecule has 0 bridgehead atoms. The number of carbonyl (C=O) groups is 1. The second kappa shape index (κ2) is 4.67. The molecule has 2 aliphatic rings. The number of carbonyl (C=O) groups excluding carboxylic acids is 1. The maximum Gasteiger partial charge on any atom is 0.317 e. The minimum atomic E-state index is 0.175. The number of amides is 2. The maximum absolute atomic E-state index is 11.7. The van der Waals surface area contributed by atoms with Crippen LogP contribution >= 0.6 is 0 Å². The van der Waals surface area contributed by atoms with Gasteiger partial charge in [0.05, 0.1) is 0 Å². The van der Waals surface area contributed by atoms with E-state index in [9.17, 15) is 4.79 Å². The molecule has 14 heavy (non-hydrogen) atoms. The van der Waals surface area contributed by atoms with E-state index in [4.69, 9.17) is 0 Å². The summed E-state index contributed by atoms with van der Waals surface area (Å²) in [5.41, 5.74) is 0. The molecule has 1 aliphatic heterocycles. The summed E-state index contributed by atoms with van der Waals surface area (Å²) in [6.45, 7) is 1.91. The smallest absolute Gasteiger partial charge is 0.317 e. The van der Waals surface area contributed by atoms with Gasteiger partial charge in [-0.15, -0.1) is 0 Å². The number of likely N-dealkylation sites (tertiary alicyclic amines) is 1. The molecule has 1 aliphatic carbocycles. The average molecular weight is 196 g/mol. The van der Waals surface area contributed by atoms with Gasteiger partial charge in [-0.3, -0.25) is 0 Å². The molecular weight excluding hydrogens is 176 g/mol. The van der Waals surface area contributed by atoms with Gasteiger partial charge in [0.2, 0.25) is 0 Å². The second-order valence-corrected chi connectivity index (χ2v) is 4.48. The number of urea groups is 1. The van der Waals surface area contributed by atoms with Crippen molar-refractivity contribution in [3.63, 3.8) is 0 Å². The Balaban J connectivity index is 1.76. The van der Waals surface area contributed by atoms with Crippen LogP contribution in [0.4, 0.5) is 4.79 Å². The first-order valence-electron chi connectivity index (χ1n) is 5.92. The van der Waals surface area contributed by atoms with Gasteiger partial charge in [0.25, 0.3) is 0 Å². The number of nitrogens with zero attached hydrogens (tertiary/aromatic N) is 1. The van der Waals surface area contributed by atoms with E-state index in [2.05, 4.69) is 5.32 Å². The van der Waals surface area contributed by atoms with E-state index in [-0.39, 0.29) is 6.03 Å². The normalized spacial score (nSPS) is 23.9. The van der Waals surface area contributed by atoms with Crippen LogP contribution in [0.2, 0.25) is 0 Å². The predicted octanol–water partition coefficient (Wildman–Crippen LogP) is 2.12. The van der Waals surface area contributed by atoms with Crippen LogP contribution in [0.3, 0.4) is 0 Å². The van der Waals surface area contributed by atoms with Crippen LogP contribution in [-0.2, 0) is 0 Å². The van der Waals surface area contributed by atoms with Gasteiger partial charge in [0, 0.05) is 19.1 Å². The van der Waals surface area contributed by atoms with Crippen LogP contribution in [0.1, 0.15) is 44.9 Å². The zero-order chi connectivity index (χ0) is 9.80. The number of hydrogen-bond acceptors (Lipinski definition) is 1. The summed E-state index contributed by atoms with van der Waals surface area (Å²) in [6, 6.07) is 0.669. The third-order valence-corrected chi connectivity index (χ3v) is 3.05. The van der Waals surface area contributed by atoms with Crippen LogP contribution in [0, 0.1) is 0 Å². The Hall–Kier alpha value is -0.730. The minimum absolute atomic E-state index is 0.175. The molecule has 0 unspecified atom stereocenters. The molecule has 1 N–H and O–H groups in total. The zero-order valence-electron chi connectivity index (χ0n) is 8.80. The molecule has 0 atom stereocenters. The van der Waals surface area contributed by atoms with Crippen molar-refractivity contribution in [2.75, 3.05) is 13.1 Å². The first kappa shape index (κ1) is 9.81. The summed E-state index contributed by atoms with van der Waals surface area (Å²) in [6.07, 6.45) is 8.63. The minimum Gasteiger partial charge on any atom is -0.335 e. The third kappa shape index (κ3) is 2.89. The van der Waals surface area contributed by atoms with Gasteiger partial charge < -0.3 is 10.2 Å². The van der Waals surface area contributed by atoms with Crippen molar-refractivity contribution in [3.8, 4) is 0 Å². The fourth-order valence-corrected chi connectivity index (χ4v) is 1.94. The molecule has 3 nitrogen and oxygen atoms in total. The molecule has 2 fully saturated rings. The molecule has 0 aromatic rings. The van der Waals surface area contributed by atoms with E-state index in [0.717, 1.165) is 13.1 Å². The van der Waals surface area contributed by atoms with Crippen molar-refractivity contribution in [3.05, 3.63) is 0 Å². The quantitative estimate of drug-likeness (QED) is 0.684. The van der Waals surface area contributed by atoms with Crippen molar-refractivity contribution < 1.29 is 4.79 Å². The summed E-state index contributed by atoms with van der Waals surface area (Å²) in [7, 11) is 0. The predicted molar refractivity (Wildman–Crippen MR) is 56.2 cm³/mol. The number of rotatable bonds is 1. The molecule has 1 saturated carbocycles. The van der Waals surface area contributed by atoms with Crippen LogP contribution in [-0.4, -0.2) is 30.1 Å². The topological polar surface area (TPSA) is 32.3 Å². The summed E-state index contributed by atoms with van der Waals surface area (Å²) in [5.74, 6) is 0. The molecule has 0 aromatic carbocycles. The maximum atomic E-state index is 11.7. The molecule has 3 heteroatoms. The van der Waals surface area contributed by atoms with E-state index >= 15 is 0 Å². The molecular formula is C11H20N2O. The largest absolute Gasteiger partial charge is 0.335 e. The lowest BCUT2D eigenvalue weighted by Gasteiger charge is -2.24. The van der Waals surface area contributed by atoms with Crippen LogP contribution < -0.4 is 5.32 Å². The molecule has 2 amide bonds. The van der Waals surface area contributed by atoms with Gasteiger partial charge >= 0.3 is 6.03 Å². The number of hydrogen-bond donors (Lipinski definition) is 1. The highest BCUT2D eigenvalue weighted by molar-refractivity contribution is 5.74. The van der Waals surface area contributed by atoms with E-state index in [1.54, 1.807) is 0 Å². The molecule has 0 spiro atoms. The van der Waals surface area contributed by atoms with E-state index < -0.39 is 0 Å². The lowest BCUT2D eigenvalue weighted by Crippen LogP contribution is -2.42. The fourth-order valence-electron chi connectivity index (χ4n) is 1.94. The van der Waals surface area contributed by atoms with Crippen LogP contribution in [0.25, 0.3) is 0 Å². The molecule has 1 saturated heterocycles. The summed E-state index contributed by atoms with van der Waals surface area (Å²) >= 11 is 0. The Kier molecular flexibility index (Phi) is 3.27. The van der Waals surface area contributed by atoms with Gasteiger partial charge in [-0.25, -0.2) is 4.79 Å². The standard InChI is InChI=1S/C11H20N2O/c14-11(12-10-6-7-10)13-8-4-2-1-3-5-9-13/h10H,1-9H2,(H,12,14). The van der Waals surface area contributed by atoms with Gasteiger partial charge in [0.1, 0.15) is 0 Å². The Morgan fingerprint density at radius 3 is 2.14 bits per heavy atom. The zero-order valence-corrected chi connectivity index (χ0v) is 8.80. The lowest BCUT2D eigenvalue weighted by molar-refractivity contribution is 0.192. The Morgan fingerprint density at radius 1 is 1.00 bits per heavy atom. The highest BCUT2D eigenvalue weighted by Gasteiger charge is 2.25. The lowest BCUT2D eigenvalue weighted by atomic mass is 10.1. The highest BCUT2D eigenvalue weighted by Crippen LogP contribution is 2.19. The van der Waals surface area contributed by atoms with Crippen molar-refractivity contribution in [2.24, 2.45) is 0 Å². The number of nitrogens with one attached hydrogen (secondary N) is 1. The van der Waals surface area contributed by atoms with Crippen LogP contribution in [0.5, 0.6) is 0 Å². The summed E-state index contributed by atoms with van der Waals surface area (Å²) < 4.78 is 0. The molecule has 80 valence electrons. The molecule has 0 aromatic heterocycles. The third-order valence-electron chi connectivity index (χ3n) is 3.05. The average Bonchev–Trinajstić information content (AvgIpc) is 2.86. The Morgan fingerprint density at radius 2 is 1.57 bits per heavy atom. The van der Waals surface area contributed by atoms with Crippen LogP contribution in [0.15, 0.2) is 0 Å². The van der Waals surface area contributed by atoms with E-state index in [1.807, 2.05) is 4.90 Å². The first-order valence-corrected chi connectivity index (χ1v) is 5.92. The monoisotopic (exact) mass is 196 g/mol. The fraction of sp³-hybridized carbons (Fsp3) is 0.909. The van der Waals surface area contributed by atoms with E-state index in [0.29, 0.717) is 6.04 Å². The summed E-state index contributed by atoms with van der Waals surface area (Å²) in [4.78, 5) is 13.7. The SMILES string of the molecule is O=C(NC1CC1)N1CCCCCCC1. The van der Waals surface area contributed by atoms with Gasteiger partial charge in [0.15, 0.2) is 0 Å². The Bertz CT molecular complexity index is 193. The molecule has 0 radical (unpaired) electrons. The van der Waals surface area contributed by atoms with Gasteiger partial charge in [-0.1, -0.05) is 19.3 Å². The Labute approximate surface area is 85.8 Å². The van der Waals surface area contributed by atoms with Crippen molar-refractivity contribution in [1.82, 2.24) is 10.2 Å². The van der Waals surface area contributed by atoms with Gasteiger partial charge in [-0.05, 0) is 25.7 Å². The molecule has 1 heterocycles. The first-order chi connectivity index (χ1) is 6.86. The second-order valence-electron chi connectivity index (χ2n) is 4.48. The van der Waals surface area contributed by atoms with E-state index in [1.165, 1.54) is 44.9 Å². The highest BCUT2D eigenvalue weighted by atomic mass is 16.2. The molecule has 2 rings (SSSR count). The van der Waals surface area contributed by atoms with Crippen molar-refractivity contribution in [1.29, 1.82) is 0 Å². The van der Waals surface area contributed by atoms with Gasteiger partial charge in [-0.2, -0.15) is 0 Å². The summed E-state index contributed by atoms with van der Waals surface area (Å²) in [5, 5.41) is 3.06. The van der Waals surface area contributed by atoms with Crippen molar-refractivity contribution in [2.45, 2.75) is 51.0 Å². The van der Waals surface area contributed by atoms with Crippen molar-refractivity contribution >= 4 is 6.03 Å².